The molecule has 6 heteroatoms. The van der Waals surface area contributed by atoms with Gasteiger partial charge < -0.3 is 4.74 Å². The van der Waals surface area contributed by atoms with Gasteiger partial charge in [0.2, 0.25) is 11.8 Å². The number of carbonyl (C=O) groups excluding carboxylic acids is 3. The van der Waals surface area contributed by atoms with Crippen LogP contribution in [-0.2, 0) is 25.7 Å². The number of rotatable bonds is 5. The lowest BCUT2D eigenvalue weighted by atomic mass is 9.79. The number of piperidine rings is 1. The van der Waals surface area contributed by atoms with Gasteiger partial charge in [0.1, 0.15) is 5.92 Å². The van der Waals surface area contributed by atoms with Crippen molar-refractivity contribution < 1.29 is 19.1 Å². The molecule has 0 aliphatic carbocycles. The number of amides is 2. The summed E-state index contributed by atoms with van der Waals surface area (Å²) >= 11 is 3.38. The van der Waals surface area contributed by atoms with Gasteiger partial charge in [-0.15, -0.1) is 0 Å². The molecule has 1 heterocycles. The highest BCUT2D eigenvalue weighted by Crippen LogP contribution is 2.36. The Bertz CT molecular complexity index is 835. The molecule has 5 nitrogen and oxygen atoms in total. The highest BCUT2D eigenvalue weighted by atomic mass is 79.9. The fraction of sp³-hybridized carbons (Fsp3) is 0.286. The Hall–Kier alpha value is -2.47. The van der Waals surface area contributed by atoms with Crippen molar-refractivity contribution in [3.05, 3.63) is 70.2 Å². The zero-order chi connectivity index (χ0) is 19.4. The molecule has 1 fully saturated rings. The molecule has 0 bridgehead atoms. The van der Waals surface area contributed by atoms with Gasteiger partial charge in [-0.1, -0.05) is 58.4 Å². The third kappa shape index (κ3) is 4.27. The van der Waals surface area contributed by atoms with Crippen LogP contribution in [0.25, 0.3) is 0 Å². The van der Waals surface area contributed by atoms with Crippen molar-refractivity contribution in [1.29, 1.82) is 0 Å². The highest BCUT2D eigenvalue weighted by Gasteiger charge is 2.46. The van der Waals surface area contributed by atoms with Crippen molar-refractivity contribution in [3.63, 3.8) is 0 Å². The molecular formula is C21H20BrNO4. The van der Waals surface area contributed by atoms with Crippen molar-refractivity contribution >= 4 is 33.7 Å². The Labute approximate surface area is 166 Å². The maximum atomic E-state index is 13.1. The summed E-state index contributed by atoms with van der Waals surface area (Å²) < 4.78 is 6.04. The van der Waals surface area contributed by atoms with E-state index < -0.39 is 23.7 Å². The molecule has 2 amide bonds. The summed E-state index contributed by atoms with van der Waals surface area (Å²) in [5.41, 5.74) is 1.61. The number of nitrogens with zero attached hydrogens (tertiary/aromatic N) is 1. The van der Waals surface area contributed by atoms with E-state index in [1.807, 2.05) is 54.6 Å². The van der Waals surface area contributed by atoms with Gasteiger partial charge in [-0.3, -0.25) is 19.3 Å². The van der Waals surface area contributed by atoms with Crippen LogP contribution in [0, 0.1) is 5.92 Å². The van der Waals surface area contributed by atoms with Gasteiger partial charge in [-0.25, -0.2) is 0 Å². The average molecular weight is 430 g/mol. The number of halogens is 1. The van der Waals surface area contributed by atoms with Crippen molar-refractivity contribution in [1.82, 2.24) is 4.90 Å². The molecule has 1 saturated heterocycles. The number of hydrogen-bond donors (Lipinski definition) is 0. The van der Waals surface area contributed by atoms with Gasteiger partial charge in [-0.2, -0.15) is 0 Å². The summed E-state index contributed by atoms with van der Waals surface area (Å²) in [5.74, 6) is -2.91. The minimum atomic E-state index is -1.02. The first-order valence-corrected chi connectivity index (χ1v) is 9.60. The second-order valence-electron chi connectivity index (χ2n) is 6.40. The van der Waals surface area contributed by atoms with Gasteiger partial charge in [0.05, 0.1) is 13.2 Å². The molecule has 1 aliphatic rings. The zero-order valence-electron chi connectivity index (χ0n) is 14.9. The number of hydrogen-bond acceptors (Lipinski definition) is 4. The van der Waals surface area contributed by atoms with E-state index in [1.165, 1.54) is 4.90 Å². The summed E-state index contributed by atoms with van der Waals surface area (Å²) in [5, 5.41) is 0. The molecule has 0 unspecified atom stereocenters. The number of ether oxygens (including phenoxy) is 1. The summed E-state index contributed by atoms with van der Waals surface area (Å²) in [4.78, 5) is 39.6. The van der Waals surface area contributed by atoms with Crippen LogP contribution < -0.4 is 0 Å². The Morgan fingerprint density at radius 3 is 2.41 bits per heavy atom. The van der Waals surface area contributed by atoms with E-state index in [4.69, 9.17) is 4.74 Å². The molecule has 2 aromatic carbocycles. The van der Waals surface area contributed by atoms with Crippen molar-refractivity contribution in [2.24, 2.45) is 5.92 Å². The first-order chi connectivity index (χ1) is 13.0. The van der Waals surface area contributed by atoms with Crippen LogP contribution >= 0.6 is 15.9 Å². The van der Waals surface area contributed by atoms with E-state index in [9.17, 15) is 14.4 Å². The van der Waals surface area contributed by atoms with Crippen LogP contribution in [0.5, 0.6) is 0 Å². The van der Waals surface area contributed by atoms with Crippen LogP contribution in [-0.4, -0.2) is 29.3 Å². The molecule has 1 aliphatic heterocycles. The Balaban J connectivity index is 1.92. The van der Waals surface area contributed by atoms with E-state index in [0.717, 1.165) is 15.6 Å². The number of benzene rings is 2. The summed E-state index contributed by atoms with van der Waals surface area (Å²) in [6.07, 6.45) is 0.0870. The lowest BCUT2D eigenvalue weighted by Crippen LogP contribution is -2.50. The molecule has 0 N–H and O–H groups in total. The first-order valence-electron chi connectivity index (χ1n) is 8.81. The number of likely N-dealkylation sites (tertiary alicyclic amines) is 1. The monoisotopic (exact) mass is 429 g/mol. The molecule has 0 aromatic heterocycles. The quantitative estimate of drug-likeness (QED) is 0.413. The van der Waals surface area contributed by atoms with Gasteiger partial charge in [0.25, 0.3) is 0 Å². The number of esters is 1. The summed E-state index contributed by atoms with van der Waals surface area (Å²) in [6.45, 7) is 2.04. The average Bonchev–Trinajstić information content (AvgIpc) is 2.66. The standard InChI is InChI=1S/C21H20BrNO4/c1-2-27-21(26)19-17(15-8-10-16(22)11-9-15)12-18(24)23(20(19)25)13-14-6-4-3-5-7-14/h3-11,17,19H,2,12-13H2,1H3/t17-,19-/m0/s1. The normalized spacial score (nSPS) is 19.9. The highest BCUT2D eigenvalue weighted by molar-refractivity contribution is 9.10. The predicted octanol–water partition coefficient (Wildman–Crippen LogP) is 3.67. The van der Waals surface area contributed by atoms with Crippen LogP contribution in [0.4, 0.5) is 0 Å². The third-order valence-electron chi connectivity index (χ3n) is 4.65. The minimum absolute atomic E-state index is 0.0870. The fourth-order valence-corrected chi connectivity index (χ4v) is 3.59. The summed E-state index contributed by atoms with van der Waals surface area (Å²) in [7, 11) is 0. The van der Waals surface area contributed by atoms with Crippen molar-refractivity contribution in [2.45, 2.75) is 25.8 Å². The van der Waals surface area contributed by atoms with E-state index >= 15 is 0 Å². The SMILES string of the molecule is CCOC(=O)[C@@H]1C(=O)N(Cc2ccccc2)C(=O)C[C@H]1c1ccc(Br)cc1. The predicted molar refractivity (Wildman–Crippen MR) is 104 cm³/mol. The topological polar surface area (TPSA) is 63.7 Å². The zero-order valence-corrected chi connectivity index (χ0v) is 16.5. The Morgan fingerprint density at radius 1 is 1.11 bits per heavy atom. The number of imide groups is 1. The molecule has 0 saturated carbocycles. The van der Waals surface area contributed by atoms with Crippen LogP contribution in [0.2, 0.25) is 0 Å². The molecule has 0 radical (unpaired) electrons. The van der Waals surface area contributed by atoms with Crippen LogP contribution in [0.1, 0.15) is 30.4 Å². The molecule has 140 valence electrons. The van der Waals surface area contributed by atoms with Crippen molar-refractivity contribution in [2.75, 3.05) is 6.61 Å². The fourth-order valence-electron chi connectivity index (χ4n) is 3.33. The molecule has 27 heavy (non-hydrogen) atoms. The third-order valence-corrected chi connectivity index (χ3v) is 5.18. The Morgan fingerprint density at radius 2 is 1.78 bits per heavy atom. The van der Waals surface area contributed by atoms with E-state index in [-0.39, 0.29) is 25.5 Å². The number of carbonyl (C=O) groups is 3. The van der Waals surface area contributed by atoms with E-state index in [1.54, 1.807) is 6.92 Å². The van der Waals surface area contributed by atoms with Gasteiger partial charge in [0, 0.05) is 16.8 Å². The summed E-state index contributed by atoms with van der Waals surface area (Å²) in [6, 6.07) is 16.6. The van der Waals surface area contributed by atoms with Crippen molar-refractivity contribution in [3.8, 4) is 0 Å². The Kier molecular flexibility index (Phi) is 6.06. The van der Waals surface area contributed by atoms with Gasteiger partial charge in [-0.05, 0) is 30.2 Å². The second-order valence-corrected chi connectivity index (χ2v) is 7.31. The molecule has 3 rings (SSSR count). The second kappa shape index (κ2) is 8.48. The molecule has 0 spiro atoms. The lowest BCUT2D eigenvalue weighted by Gasteiger charge is -2.35. The van der Waals surface area contributed by atoms with E-state index in [2.05, 4.69) is 15.9 Å². The van der Waals surface area contributed by atoms with E-state index in [0.29, 0.717) is 0 Å². The lowest BCUT2D eigenvalue weighted by molar-refractivity contribution is -0.163. The van der Waals surface area contributed by atoms with Gasteiger partial charge >= 0.3 is 5.97 Å². The first kappa shape index (κ1) is 19.3. The molecule has 2 aromatic rings. The molecule has 2 atom stereocenters. The maximum absolute atomic E-state index is 13.1. The van der Waals surface area contributed by atoms with Crippen LogP contribution in [0.3, 0.4) is 0 Å². The largest absolute Gasteiger partial charge is 0.465 e. The molecular weight excluding hydrogens is 410 g/mol. The maximum Gasteiger partial charge on any atom is 0.319 e. The van der Waals surface area contributed by atoms with Gasteiger partial charge in [0.15, 0.2) is 0 Å². The smallest absolute Gasteiger partial charge is 0.319 e. The minimum Gasteiger partial charge on any atom is -0.465 e. The van der Waals surface area contributed by atoms with Crippen LogP contribution in [0.15, 0.2) is 59.1 Å².